The number of hydrogen-bond acceptors (Lipinski definition) is 4. The lowest BCUT2D eigenvalue weighted by atomic mass is 10.1. The van der Waals surface area contributed by atoms with Gasteiger partial charge in [-0.25, -0.2) is 0 Å². The molecule has 0 bridgehead atoms. The van der Waals surface area contributed by atoms with Crippen LogP contribution in [0.25, 0.3) is 11.4 Å². The summed E-state index contributed by atoms with van der Waals surface area (Å²) in [7, 11) is 1.60. The summed E-state index contributed by atoms with van der Waals surface area (Å²) in [5.41, 5.74) is 2.13. The SMILES string of the molecule is COCCNC(=O)CCn1c(-c2cccc(C)c2)n[nH]c1=S. The van der Waals surface area contributed by atoms with Gasteiger partial charge >= 0.3 is 0 Å². The average molecular weight is 320 g/mol. The predicted molar refractivity (Wildman–Crippen MR) is 87.1 cm³/mol. The molecule has 0 aliphatic carbocycles. The molecule has 0 atom stereocenters. The van der Waals surface area contributed by atoms with Crippen LogP contribution in [0.3, 0.4) is 0 Å². The highest BCUT2D eigenvalue weighted by atomic mass is 32.1. The first-order valence-electron chi connectivity index (χ1n) is 7.09. The molecular formula is C15H20N4O2S. The molecule has 22 heavy (non-hydrogen) atoms. The molecule has 0 aliphatic heterocycles. The van der Waals surface area contributed by atoms with Crippen molar-refractivity contribution >= 4 is 18.1 Å². The van der Waals surface area contributed by atoms with E-state index in [1.807, 2.05) is 35.8 Å². The maximum Gasteiger partial charge on any atom is 0.221 e. The highest BCUT2D eigenvalue weighted by Gasteiger charge is 2.10. The van der Waals surface area contributed by atoms with Crippen molar-refractivity contribution in [2.75, 3.05) is 20.3 Å². The Hall–Kier alpha value is -1.99. The minimum absolute atomic E-state index is 0.0321. The summed E-state index contributed by atoms with van der Waals surface area (Å²) in [6.07, 6.45) is 0.344. The van der Waals surface area contributed by atoms with E-state index in [4.69, 9.17) is 17.0 Å². The van der Waals surface area contributed by atoms with Crippen LogP contribution in [0.1, 0.15) is 12.0 Å². The van der Waals surface area contributed by atoms with Crippen LogP contribution in [-0.2, 0) is 16.1 Å². The van der Waals surface area contributed by atoms with Gasteiger partial charge in [0.1, 0.15) is 0 Å². The quantitative estimate of drug-likeness (QED) is 0.605. The molecule has 0 aliphatic rings. The smallest absolute Gasteiger partial charge is 0.221 e. The van der Waals surface area contributed by atoms with Gasteiger partial charge in [0.15, 0.2) is 10.6 Å². The largest absolute Gasteiger partial charge is 0.383 e. The van der Waals surface area contributed by atoms with Gasteiger partial charge in [0.25, 0.3) is 0 Å². The van der Waals surface area contributed by atoms with Gasteiger partial charge in [0, 0.05) is 32.2 Å². The van der Waals surface area contributed by atoms with Crippen molar-refractivity contribution in [3.05, 3.63) is 34.6 Å². The number of rotatable bonds is 7. The molecule has 1 aromatic carbocycles. The van der Waals surface area contributed by atoms with E-state index >= 15 is 0 Å². The first-order valence-corrected chi connectivity index (χ1v) is 7.50. The van der Waals surface area contributed by atoms with Crippen molar-refractivity contribution in [1.82, 2.24) is 20.1 Å². The highest BCUT2D eigenvalue weighted by Crippen LogP contribution is 2.18. The Labute approximate surface area is 134 Å². The Balaban J connectivity index is 2.07. The average Bonchev–Trinajstić information content (AvgIpc) is 2.86. The maximum absolute atomic E-state index is 11.8. The molecule has 2 rings (SSSR count). The Morgan fingerprint density at radius 2 is 2.32 bits per heavy atom. The number of carbonyl (C=O) groups excluding carboxylic acids is 1. The van der Waals surface area contributed by atoms with Crippen molar-refractivity contribution in [1.29, 1.82) is 0 Å². The lowest BCUT2D eigenvalue weighted by molar-refractivity contribution is -0.121. The molecule has 6 nitrogen and oxygen atoms in total. The minimum Gasteiger partial charge on any atom is -0.383 e. The van der Waals surface area contributed by atoms with E-state index in [0.717, 1.165) is 17.0 Å². The molecule has 118 valence electrons. The number of methoxy groups -OCH3 is 1. The third-order valence-electron chi connectivity index (χ3n) is 3.23. The van der Waals surface area contributed by atoms with Crippen LogP contribution in [0.2, 0.25) is 0 Å². The summed E-state index contributed by atoms with van der Waals surface area (Å²) < 4.78 is 7.26. The second kappa shape index (κ2) is 7.86. The molecule has 1 aromatic heterocycles. The third-order valence-corrected chi connectivity index (χ3v) is 3.54. The van der Waals surface area contributed by atoms with E-state index in [-0.39, 0.29) is 5.91 Å². The van der Waals surface area contributed by atoms with E-state index in [0.29, 0.717) is 30.9 Å². The first kappa shape index (κ1) is 16.4. The number of amides is 1. The van der Waals surface area contributed by atoms with Crippen LogP contribution >= 0.6 is 12.2 Å². The number of ether oxygens (including phenoxy) is 1. The van der Waals surface area contributed by atoms with Crippen molar-refractivity contribution in [2.24, 2.45) is 0 Å². The topological polar surface area (TPSA) is 71.9 Å². The lowest BCUT2D eigenvalue weighted by Gasteiger charge is -2.08. The zero-order valence-corrected chi connectivity index (χ0v) is 13.6. The number of aromatic nitrogens is 3. The molecule has 2 N–H and O–H groups in total. The van der Waals surface area contributed by atoms with E-state index in [9.17, 15) is 4.79 Å². The van der Waals surface area contributed by atoms with Gasteiger partial charge in [0.2, 0.25) is 5.91 Å². The lowest BCUT2D eigenvalue weighted by Crippen LogP contribution is -2.27. The van der Waals surface area contributed by atoms with Crippen LogP contribution in [0.15, 0.2) is 24.3 Å². The van der Waals surface area contributed by atoms with Crippen LogP contribution in [0.5, 0.6) is 0 Å². The van der Waals surface area contributed by atoms with Gasteiger partial charge in [-0.15, -0.1) is 0 Å². The van der Waals surface area contributed by atoms with Crippen molar-refractivity contribution in [2.45, 2.75) is 19.9 Å². The van der Waals surface area contributed by atoms with E-state index in [1.165, 1.54) is 0 Å². The van der Waals surface area contributed by atoms with Crippen LogP contribution in [0, 0.1) is 11.7 Å². The Bertz CT molecular complexity index is 693. The Morgan fingerprint density at radius 1 is 1.50 bits per heavy atom. The van der Waals surface area contributed by atoms with Crippen molar-refractivity contribution in [3.63, 3.8) is 0 Å². The van der Waals surface area contributed by atoms with E-state index in [1.54, 1.807) is 7.11 Å². The molecular weight excluding hydrogens is 300 g/mol. The fraction of sp³-hybridized carbons (Fsp3) is 0.400. The zero-order chi connectivity index (χ0) is 15.9. The van der Waals surface area contributed by atoms with Gasteiger partial charge in [0.05, 0.1) is 6.61 Å². The van der Waals surface area contributed by atoms with Gasteiger partial charge in [-0.05, 0) is 25.2 Å². The minimum atomic E-state index is -0.0321. The van der Waals surface area contributed by atoms with Crippen molar-refractivity contribution < 1.29 is 9.53 Å². The zero-order valence-electron chi connectivity index (χ0n) is 12.8. The molecule has 0 saturated carbocycles. The van der Waals surface area contributed by atoms with Gasteiger partial charge in [-0.2, -0.15) is 5.10 Å². The number of nitrogens with one attached hydrogen (secondary N) is 2. The van der Waals surface area contributed by atoms with Crippen LogP contribution < -0.4 is 5.32 Å². The number of aromatic amines is 1. The summed E-state index contributed by atoms with van der Waals surface area (Å²) in [5, 5.41) is 9.86. The van der Waals surface area contributed by atoms with Crippen LogP contribution in [-0.4, -0.2) is 40.9 Å². The normalized spacial score (nSPS) is 10.6. The molecule has 0 fully saturated rings. The number of H-pyrrole nitrogens is 1. The maximum atomic E-state index is 11.8. The van der Waals surface area contributed by atoms with E-state index < -0.39 is 0 Å². The van der Waals surface area contributed by atoms with Gasteiger partial charge in [-0.3, -0.25) is 14.5 Å². The fourth-order valence-corrected chi connectivity index (χ4v) is 2.35. The monoisotopic (exact) mass is 320 g/mol. The molecule has 2 aromatic rings. The standard InChI is InChI=1S/C15H20N4O2S/c1-11-4-3-5-12(10-11)14-17-18-15(22)19(14)8-6-13(20)16-7-9-21-2/h3-5,10H,6-9H2,1-2H3,(H,16,20)(H,18,22). The summed E-state index contributed by atoms with van der Waals surface area (Å²) in [5.74, 6) is 0.716. The van der Waals surface area contributed by atoms with E-state index in [2.05, 4.69) is 15.5 Å². The summed E-state index contributed by atoms with van der Waals surface area (Å²) in [4.78, 5) is 11.8. The first-order chi connectivity index (χ1) is 10.6. The third kappa shape index (κ3) is 4.25. The molecule has 7 heteroatoms. The molecule has 0 saturated heterocycles. The van der Waals surface area contributed by atoms with Gasteiger partial charge in [-0.1, -0.05) is 23.8 Å². The van der Waals surface area contributed by atoms with Crippen LogP contribution in [0.4, 0.5) is 0 Å². The summed E-state index contributed by atoms with van der Waals surface area (Å²) in [6, 6.07) is 8.02. The predicted octanol–water partition coefficient (Wildman–Crippen LogP) is 2.07. The molecule has 1 heterocycles. The highest BCUT2D eigenvalue weighted by molar-refractivity contribution is 7.71. The molecule has 0 radical (unpaired) electrons. The summed E-state index contributed by atoms with van der Waals surface area (Å²) in [6.45, 7) is 3.53. The second-order valence-electron chi connectivity index (χ2n) is 4.97. The number of aryl methyl sites for hydroxylation is 1. The summed E-state index contributed by atoms with van der Waals surface area (Å²) >= 11 is 5.26. The Kier molecular flexibility index (Phi) is 5.85. The molecule has 0 spiro atoms. The number of carbonyl (C=O) groups is 1. The van der Waals surface area contributed by atoms with Gasteiger partial charge < -0.3 is 10.1 Å². The molecule has 1 amide bonds. The fourth-order valence-electron chi connectivity index (χ4n) is 2.12. The number of hydrogen-bond donors (Lipinski definition) is 2. The van der Waals surface area contributed by atoms with Crippen molar-refractivity contribution in [3.8, 4) is 11.4 Å². The molecule has 0 unspecified atom stereocenters. The number of benzene rings is 1. The Morgan fingerprint density at radius 3 is 3.05 bits per heavy atom. The second-order valence-corrected chi connectivity index (χ2v) is 5.35. The number of nitrogens with zero attached hydrogens (tertiary/aromatic N) is 2.